The van der Waals surface area contributed by atoms with Gasteiger partial charge in [0.15, 0.2) is 0 Å². The molecule has 0 radical (unpaired) electrons. The number of aryl methyl sites for hydroxylation is 3. The number of para-hydroxylation sites is 1. The van der Waals surface area contributed by atoms with E-state index in [1.54, 1.807) is 16.7 Å². The lowest BCUT2D eigenvalue weighted by molar-refractivity contribution is 0.277. The lowest BCUT2D eigenvalue weighted by Crippen LogP contribution is -2.48. The summed E-state index contributed by atoms with van der Waals surface area (Å²) in [5.74, 6) is 1.15. The van der Waals surface area contributed by atoms with Crippen molar-refractivity contribution in [2.24, 2.45) is 5.92 Å². The molecule has 0 aromatic heterocycles. The van der Waals surface area contributed by atoms with Crippen molar-refractivity contribution in [3.63, 3.8) is 0 Å². The number of benzene rings is 3. The smallest absolute Gasteiger partial charge is 0.0655 e. The van der Waals surface area contributed by atoms with Gasteiger partial charge in [-0.2, -0.15) is 0 Å². The first-order valence-corrected chi connectivity index (χ1v) is 20.2. The van der Waals surface area contributed by atoms with Crippen LogP contribution in [0.3, 0.4) is 0 Å². The molecule has 2 nitrogen and oxygen atoms in total. The first kappa shape index (κ1) is 36.3. The fourth-order valence-corrected chi connectivity index (χ4v) is 9.09. The second-order valence-corrected chi connectivity index (χ2v) is 15.4. The van der Waals surface area contributed by atoms with Crippen molar-refractivity contribution < 1.29 is 5.11 Å². The predicted molar refractivity (Wildman–Crippen MR) is 213 cm³/mol. The Morgan fingerprint density at radius 2 is 1.66 bits per heavy atom. The molecule has 4 atom stereocenters. The minimum atomic E-state index is 0.250. The van der Waals surface area contributed by atoms with E-state index >= 15 is 0 Å². The van der Waals surface area contributed by atoms with Crippen LogP contribution < -0.4 is 4.90 Å². The van der Waals surface area contributed by atoms with E-state index in [4.69, 9.17) is 0 Å². The van der Waals surface area contributed by atoms with E-state index in [0.717, 1.165) is 31.3 Å². The van der Waals surface area contributed by atoms with Crippen LogP contribution in [0.25, 0.3) is 5.57 Å². The van der Waals surface area contributed by atoms with Gasteiger partial charge in [0.05, 0.1) is 6.04 Å². The molecule has 0 aliphatic heterocycles. The molecule has 3 aliphatic rings. The zero-order valence-electron chi connectivity index (χ0n) is 31.2. The van der Waals surface area contributed by atoms with Gasteiger partial charge in [0.1, 0.15) is 0 Å². The molecule has 0 spiro atoms. The van der Waals surface area contributed by atoms with E-state index in [1.165, 1.54) is 105 Å². The second-order valence-electron chi connectivity index (χ2n) is 15.4. The minimum Gasteiger partial charge on any atom is -0.396 e. The number of allylic oxidation sites excluding steroid dienone is 2. The van der Waals surface area contributed by atoms with Crippen molar-refractivity contribution in [2.75, 3.05) is 11.5 Å². The van der Waals surface area contributed by atoms with Crippen molar-refractivity contribution in [2.45, 2.75) is 142 Å². The summed E-state index contributed by atoms with van der Waals surface area (Å²) in [5, 5.41) is 9.30. The molecule has 3 aliphatic carbocycles. The molecular formula is C48H61NO. The van der Waals surface area contributed by atoms with Crippen molar-refractivity contribution in [1.82, 2.24) is 0 Å². The average Bonchev–Trinajstić information content (AvgIpc) is 3.17. The Labute approximate surface area is 303 Å². The number of fused-ring (bicyclic) bond motifs is 1. The summed E-state index contributed by atoms with van der Waals surface area (Å²) in [6.07, 6.45) is 21.5. The quantitative estimate of drug-likeness (QED) is 0.121. The Bertz CT molecular complexity index is 1680. The third-order valence-electron chi connectivity index (χ3n) is 11.8. The van der Waals surface area contributed by atoms with Crippen LogP contribution in [0.5, 0.6) is 0 Å². The van der Waals surface area contributed by atoms with Crippen LogP contribution in [0.2, 0.25) is 0 Å². The number of hydrogen-bond acceptors (Lipinski definition) is 2. The van der Waals surface area contributed by atoms with Gasteiger partial charge in [-0.3, -0.25) is 0 Å². The maximum atomic E-state index is 9.30. The zero-order valence-corrected chi connectivity index (χ0v) is 31.2. The van der Waals surface area contributed by atoms with Crippen LogP contribution in [0.15, 0.2) is 101 Å². The molecule has 0 heterocycles. The maximum absolute atomic E-state index is 9.30. The summed E-state index contributed by atoms with van der Waals surface area (Å²) in [6.45, 7) is 7.38. The highest BCUT2D eigenvalue weighted by Crippen LogP contribution is 2.45. The van der Waals surface area contributed by atoms with Gasteiger partial charge in [0, 0.05) is 29.5 Å². The van der Waals surface area contributed by atoms with Crippen LogP contribution >= 0.6 is 0 Å². The predicted octanol–water partition coefficient (Wildman–Crippen LogP) is 12.1. The Morgan fingerprint density at radius 3 is 2.46 bits per heavy atom. The average molecular weight is 668 g/mol. The highest BCUT2D eigenvalue weighted by atomic mass is 16.2. The van der Waals surface area contributed by atoms with E-state index in [2.05, 4.69) is 116 Å². The van der Waals surface area contributed by atoms with Crippen molar-refractivity contribution in [1.29, 1.82) is 0 Å². The molecule has 2 heteroatoms. The fourth-order valence-electron chi connectivity index (χ4n) is 9.09. The van der Waals surface area contributed by atoms with E-state index in [9.17, 15) is 5.11 Å². The second kappa shape index (κ2) is 18.1. The number of hydrogen-bond donors (Lipinski definition) is 1. The minimum absolute atomic E-state index is 0.250. The van der Waals surface area contributed by atoms with Gasteiger partial charge >= 0.3 is 0 Å². The molecule has 50 heavy (non-hydrogen) atoms. The van der Waals surface area contributed by atoms with Gasteiger partial charge in [-0.15, -0.1) is 0 Å². The monoisotopic (exact) mass is 667 g/mol. The molecular weight excluding hydrogens is 607 g/mol. The maximum Gasteiger partial charge on any atom is 0.0655 e. The molecule has 0 saturated heterocycles. The lowest BCUT2D eigenvalue weighted by atomic mass is 9.71. The summed E-state index contributed by atoms with van der Waals surface area (Å²) >= 11 is 0. The summed E-state index contributed by atoms with van der Waals surface area (Å²) in [6, 6.07) is 28.5. The molecule has 0 bridgehead atoms. The Kier molecular flexibility index (Phi) is 13.1. The van der Waals surface area contributed by atoms with Crippen molar-refractivity contribution >= 4 is 11.3 Å². The molecule has 1 fully saturated rings. The van der Waals surface area contributed by atoms with E-state index in [0.29, 0.717) is 17.9 Å². The molecule has 1 saturated carbocycles. The Hall–Kier alpha value is -3.54. The van der Waals surface area contributed by atoms with Gasteiger partial charge in [0.2, 0.25) is 0 Å². The summed E-state index contributed by atoms with van der Waals surface area (Å²) in [5.41, 5.74) is 20.2. The third-order valence-corrected chi connectivity index (χ3v) is 11.8. The lowest BCUT2D eigenvalue weighted by Gasteiger charge is -2.46. The van der Waals surface area contributed by atoms with Gasteiger partial charge in [-0.1, -0.05) is 112 Å². The number of rotatable bonds is 16. The van der Waals surface area contributed by atoms with Crippen LogP contribution in [0.1, 0.15) is 138 Å². The molecule has 1 N–H and O–H groups in total. The van der Waals surface area contributed by atoms with Crippen LogP contribution in [-0.2, 0) is 19.3 Å². The number of anilines is 1. The van der Waals surface area contributed by atoms with Crippen LogP contribution in [0.4, 0.5) is 5.69 Å². The normalized spacial score (nSPS) is 20.0. The summed E-state index contributed by atoms with van der Waals surface area (Å²) < 4.78 is 0. The first-order valence-electron chi connectivity index (χ1n) is 20.2. The molecule has 4 unspecified atom stereocenters. The van der Waals surface area contributed by atoms with Gasteiger partial charge in [0.25, 0.3) is 0 Å². The van der Waals surface area contributed by atoms with Crippen LogP contribution in [0, 0.1) is 5.92 Å². The fraction of sp³-hybridized carbons (Fsp3) is 0.500. The van der Waals surface area contributed by atoms with Gasteiger partial charge in [-0.25, -0.2) is 0 Å². The first-order chi connectivity index (χ1) is 24.6. The van der Waals surface area contributed by atoms with Crippen LogP contribution in [-0.4, -0.2) is 23.8 Å². The number of unbranched alkanes of at least 4 members (excludes halogenated alkanes) is 3. The van der Waals surface area contributed by atoms with Gasteiger partial charge < -0.3 is 10.0 Å². The summed E-state index contributed by atoms with van der Waals surface area (Å²) in [7, 11) is 0. The summed E-state index contributed by atoms with van der Waals surface area (Å²) in [4.78, 5) is 2.82. The highest BCUT2D eigenvalue weighted by molar-refractivity contribution is 5.77. The number of nitrogens with zero attached hydrogens (tertiary/aromatic N) is 1. The van der Waals surface area contributed by atoms with E-state index in [-0.39, 0.29) is 12.6 Å². The molecule has 3 aromatic rings. The molecule has 6 rings (SSSR count). The third kappa shape index (κ3) is 8.84. The largest absolute Gasteiger partial charge is 0.396 e. The van der Waals surface area contributed by atoms with E-state index in [1.807, 2.05) is 0 Å². The number of aliphatic hydroxyl groups excluding tert-OH is 1. The SMILES string of the molecule is CCCCCC(C)N(c1ccccc1)C(C1=C=C=C(c2cccc(CCCCO)c2)C=C1CC)C1CCCC(c2ccc3c(c2)CCCC3)C1. The topological polar surface area (TPSA) is 23.5 Å². The Balaban J connectivity index is 1.42. The molecule has 264 valence electrons. The highest BCUT2D eigenvalue weighted by Gasteiger charge is 2.38. The standard InChI is InChI=1S/C48H61NO/c1-4-6-8-17-36(3)49(46-25-9-7-10-26-46)48(45-24-16-23-42(35-45)43-28-27-39-20-11-12-21-41(39)34-43)47-30-29-44(33-38(47)5-2)40-22-15-19-37(32-40)18-13-14-31-50/h7,9-10,15,19,22,25-28,32-34,36,42,45,48,50H,4-6,8,11-14,16-18,20-21,23-24,31,35H2,1-3H3. The van der Waals surface area contributed by atoms with Gasteiger partial charge in [-0.05, 0) is 147 Å². The van der Waals surface area contributed by atoms with Crippen molar-refractivity contribution in [3.8, 4) is 0 Å². The molecule has 0 amide bonds. The van der Waals surface area contributed by atoms with Crippen molar-refractivity contribution in [3.05, 3.63) is 129 Å². The Morgan fingerprint density at radius 1 is 0.820 bits per heavy atom. The van der Waals surface area contributed by atoms with E-state index < -0.39 is 0 Å². The number of aliphatic hydroxyl groups is 1. The molecule has 3 aromatic carbocycles. The zero-order chi connectivity index (χ0) is 34.7.